The number of para-hydroxylation sites is 2. The van der Waals surface area contributed by atoms with Crippen molar-refractivity contribution >= 4 is 11.0 Å². The highest BCUT2D eigenvalue weighted by molar-refractivity contribution is 5.74. The maximum atomic E-state index is 13.7. The van der Waals surface area contributed by atoms with Gasteiger partial charge in [-0.3, -0.25) is 4.57 Å². The topological polar surface area (TPSA) is 61.3 Å². The fourth-order valence-electron chi connectivity index (χ4n) is 5.63. The van der Waals surface area contributed by atoms with Crippen LogP contribution in [0.4, 0.5) is 4.39 Å². The molecule has 6 heteroatoms. The van der Waals surface area contributed by atoms with Crippen LogP contribution in [0.25, 0.3) is 11.0 Å². The van der Waals surface area contributed by atoms with Crippen molar-refractivity contribution in [2.24, 2.45) is 5.92 Å². The Morgan fingerprint density at radius 3 is 2.79 bits per heavy atom. The van der Waals surface area contributed by atoms with Gasteiger partial charge in [0, 0.05) is 19.0 Å². The molecule has 178 valence electrons. The number of aryl methyl sites for hydroxylation is 2. The van der Waals surface area contributed by atoms with Gasteiger partial charge in [0.2, 0.25) is 0 Å². The summed E-state index contributed by atoms with van der Waals surface area (Å²) in [5.41, 5.74) is 3.15. The van der Waals surface area contributed by atoms with Crippen molar-refractivity contribution in [3.8, 4) is 0 Å². The van der Waals surface area contributed by atoms with Crippen molar-refractivity contribution in [3.63, 3.8) is 0 Å². The molecule has 2 aromatic carbocycles. The number of hydrogen-bond acceptors (Lipinski definition) is 3. The Labute approximate surface area is 195 Å². The maximum Gasteiger partial charge on any atom is 0.326 e. The Bertz CT molecular complexity index is 1150. The summed E-state index contributed by atoms with van der Waals surface area (Å²) in [5, 5.41) is 11.6. The van der Waals surface area contributed by atoms with E-state index in [0.29, 0.717) is 19.4 Å². The normalized spacial score (nSPS) is 20.6. The summed E-state index contributed by atoms with van der Waals surface area (Å²) in [5.74, 6) is 0.0969. The molecule has 1 aromatic heterocycles. The van der Waals surface area contributed by atoms with Crippen LogP contribution in [0.5, 0.6) is 0 Å². The van der Waals surface area contributed by atoms with Crippen LogP contribution < -0.4 is 5.69 Å². The highest BCUT2D eigenvalue weighted by Gasteiger charge is 2.43. The molecule has 0 bridgehead atoms. The van der Waals surface area contributed by atoms with Crippen molar-refractivity contribution in [1.82, 2.24) is 14.5 Å². The van der Waals surface area contributed by atoms with E-state index >= 15 is 0 Å². The SMILES string of the molecule is CC(C)C1c2ccc(F)cc2CCC1(O)CCN(C)CCCCn1c(=O)[nH]c2ccccc21. The largest absolute Gasteiger partial charge is 0.389 e. The van der Waals surface area contributed by atoms with Crippen LogP contribution in [-0.2, 0) is 13.0 Å². The summed E-state index contributed by atoms with van der Waals surface area (Å²) >= 11 is 0. The zero-order valence-electron chi connectivity index (χ0n) is 20.0. The Kier molecular flexibility index (Phi) is 7.05. The molecule has 0 amide bonds. The van der Waals surface area contributed by atoms with Crippen molar-refractivity contribution in [2.45, 2.75) is 64.0 Å². The average Bonchev–Trinajstić information content (AvgIpc) is 3.10. The fraction of sp³-hybridized carbons (Fsp3) is 0.519. The summed E-state index contributed by atoms with van der Waals surface area (Å²) in [4.78, 5) is 17.4. The maximum absolute atomic E-state index is 13.7. The van der Waals surface area contributed by atoms with Crippen LogP contribution >= 0.6 is 0 Å². The van der Waals surface area contributed by atoms with E-state index in [4.69, 9.17) is 0 Å². The van der Waals surface area contributed by atoms with Gasteiger partial charge in [0.25, 0.3) is 0 Å². The van der Waals surface area contributed by atoms with Gasteiger partial charge >= 0.3 is 5.69 Å². The van der Waals surface area contributed by atoms with Gasteiger partial charge in [0.15, 0.2) is 0 Å². The monoisotopic (exact) mass is 453 g/mol. The summed E-state index contributed by atoms with van der Waals surface area (Å²) in [6.07, 6.45) is 3.99. The highest BCUT2D eigenvalue weighted by atomic mass is 19.1. The van der Waals surface area contributed by atoms with Crippen LogP contribution in [0.2, 0.25) is 0 Å². The van der Waals surface area contributed by atoms with E-state index in [2.05, 4.69) is 30.8 Å². The Morgan fingerprint density at radius 1 is 1.21 bits per heavy atom. The number of halogens is 1. The second kappa shape index (κ2) is 9.82. The Morgan fingerprint density at radius 2 is 2.00 bits per heavy atom. The van der Waals surface area contributed by atoms with Crippen LogP contribution in [0, 0.1) is 11.7 Å². The number of rotatable bonds is 9. The lowest BCUT2D eigenvalue weighted by Crippen LogP contribution is -2.45. The lowest BCUT2D eigenvalue weighted by molar-refractivity contribution is -0.0301. The number of nitrogens with zero attached hydrogens (tertiary/aromatic N) is 2. The number of nitrogens with one attached hydrogen (secondary N) is 1. The number of unbranched alkanes of at least 4 members (excludes halogenated alkanes) is 1. The third-order valence-electron chi connectivity index (χ3n) is 7.29. The van der Waals surface area contributed by atoms with Gasteiger partial charge in [-0.05, 0) is 87.0 Å². The van der Waals surface area contributed by atoms with Gasteiger partial charge < -0.3 is 15.0 Å². The molecule has 1 aliphatic carbocycles. The number of aromatic nitrogens is 2. The van der Waals surface area contributed by atoms with Gasteiger partial charge in [-0.2, -0.15) is 0 Å². The Hall–Kier alpha value is -2.44. The first kappa shape index (κ1) is 23.7. The number of hydrogen-bond donors (Lipinski definition) is 2. The number of benzene rings is 2. The standard InChI is InChI=1S/C27H36FN3O2/c1-19(2)25-22-11-10-21(28)18-20(22)12-13-27(25,33)14-17-30(3)15-6-7-16-31-24-9-5-4-8-23(24)29-26(31)32/h4-5,8-11,18-19,25,33H,6-7,12-17H2,1-3H3,(H,29,32). The predicted octanol–water partition coefficient (Wildman–Crippen LogP) is 4.69. The molecule has 0 aliphatic heterocycles. The van der Waals surface area contributed by atoms with Crippen LogP contribution in [0.15, 0.2) is 47.3 Å². The molecular weight excluding hydrogens is 417 g/mol. The van der Waals surface area contributed by atoms with Crippen LogP contribution in [-0.4, -0.2) is 45.3 Å². The first-order valence-corrected chi connectivity index (χ1v) is 12.2. The number of imidazole rings is 1. The van der Waals surface area contributed by atoms with Crippen molar-refractivity contribution in [2.75, 3.05) is 20.1 Å². The molecule has 0 radical (unpaired) electrons. The number of aromatic amines is 1. The molecule has 5 nitrogen and oxygen atoms in total. The molecule has 1 aliphatic rings. The second-order valence-corrected chi connectivity index (χ2v) is 10.0. The molecule has 0 saturated carbocycles. The average molecular weight is 454 g/mol. The van der Waals surface area contributed by atoms with Gasteiger partial charge in [-0.1, -0.05) is 32.0 Å². The lowest BCUT2D eigenvalue weighted by atomic mass is 9.66. The van der Waals surface area contributed by atoms with E-state index in [0.717, 1.165) is 54.5 Å². The van der Waals surface area contributed by atoms with E-state index in [1.54, 1.807) is 6.07 Å². The summed E-state index contributed by atoms with van der Waals surface area (Å²) < 4.78 is 15.5. The summed E-state index contributed by atoms with van der Waals surface area (Å²) in [7, 11) is 2.09. The van der Waals surface area contributed by atoms with Crippen molar-refractivity contribution in [3.05, 3.63) is 69.9 Å². The molecule has 2 unspecified atom stereocenters. The van der Waals surface area contributed by atoms with Crippen LogP contribution in [0.1, 0.15) is 56.6 Å². The van der Waals surface area contributed by atoms with E-state index in [-0.39, 0.29) is 23.3 Å². The third kappa shape index (κ3) is 5.07. The molecule has 0 fully saturated rings. The minimum absolute atomic E-state index is 0.0176. The number of aliphatic hydroxyl groups is 1. The lowest BCUT2D eigenvalue weighted by Gasteiger charge is -2.44. The van der Waals surface area contributed by atoms with Gasteiger partial charge in [-0.25, -0.2) is 9.18 Å². The fourth-order valence-corrected chi connectivity index (χ4v) is 5.63. The third-order valence-corrected chi connectivity index (χ3v) is 7.29. The molecule has 2 N–H and O–H groups in total. The molecule has 0 saturated heterocycles. The molecule has 0 spiro atoms. The molecule has 33 heavy (non-hydrogen) atoms. The second-order valence-electron chi connectivity index (χ2n) is 10.0. The molecular formula is C27H36FN3O2. The number of H-pyrrole nitrogens is 1. The van der Waals surface area contributed by atoms with E-state index < -0.39 is 5.60 Å². The zero-order valence-corrected chi connectivity index (χ0v) is 20.0. The van der Waals surface area contributed by atoms with Gasteiger partial charge in [0.1, 0.15) is 5.82 Å². The molecule has 2 atom stereocenters. The quantitative estimate of drug-likeness (QED) is 0.462. The summed E-state index contributed by atoms with van der Waals surface area (Å²) in [6, 6.07) is 12.8. The van der Waals surface area contributed by atoms with Crippen LogP contribution in [0.3, 0.4) is 0 Å². The van der Waals surface area contributed by atoms with E-state index in [1.165, 1.54) is 6.07 Å². The first-order chi connectivity index (χ1) is 15.8. The van der Waals surface area contributed by atoms with Gasteiger partial charge in [-0.15, -0.1) is 0 Å². The van der Waals surface area contributed by atoms with Crippen molar-refractivity contribution < 1.29 is 9.50 Å². The molecule has 1 heterocycles. The predicted molar refractivity (Wildman–Crippen MR) is 131 cm³/mol. The molecule has 3 aromatic rings. The zero-order chi connectivity index (χ0) is 23.6. The minimum Gasteiger partial charge on any atom is -0.389 e. The van der Waals surface area contributed by atoms with Gasteiger partial charge in [0.05, 0.1) is 16.6 Å². The van der Waals surface area contributed by atoms with E-state index in [1.807, 2.05) is 34.9 Å². The summed E-state index contributed by atoms with van der Waals surface area (Å²) in [6.45, 7) is 6.71. The van der Waals surface area contributed by atoms with E-state index in [9.17, 15) is 14.3 Å². The number of fused-ring (bicyclic) bond motifs is 2. The van der Waals surface area contributed by atoms with Crippen molar-refractivity contribution in [1.29, 1.82) is 0 Å². The Balaban J connectivity index is 1.30. The molecule has 4 rings (SSSR count). The smallest absolute Gasteiger partial charge is 0.326 e. The highest BCUT2D eigenvalue weighted by Crippen LogP contribution is 2.45. The first-order valence-electron chi connectivity index (χ1n) is 12.2. The minimum atomic E-state index is -0.773.